The predicted molar refractivity (Wildman–Crippen MR) is 116 cm³/mol. The summed E-state index contributed by atoms with van der Waals surface area (Å²) in [6, 6.07) is 12.0. The molecule has 0 unspecified atom stereocenters. The third-order valence-corrected chi connectivity index (χ3v) is 5.51. The maximum Gasteiger partial charge on any atom is 0.119 e. The van der Waals surface area contributed by atoms with Gasteiger partial charge in [-0.05, 0) is 68.1 Å². The van der Waals surface area contributed by atoms with Crippen molar-refractivity contribution in [1.29, 1.82) is 0 Å². The molecule has 0 saturated carbocycles. The largest absolute Gasteiger partial charge is 0.494 e. The van der Waals surface area contributed by atoms with Gasteiger partial charge in [0.05, 0.1) is 18.5 Å². The zero-order chi connectivity index (χ0) is 19.4. The van der Waals surface area contributed by atoms with Crippen molar-refractivity contribution in [2.24, 2.45) is 5.16 Å². The Morgan fingerprint density at radius 1 is 1.07 bits per heavy atom. The van der Waals surface area contributed by atoms with Gasteiger partial charge in [-0.1, -0.05) is 5.16 Å². The van der Waals surface area contributed by atoms with Crippen molar-refractivity contribution in [1.82, 2.24) is 9.29 Å². The highest BCUT2D eigenvalue weighted by atomic mass is 32.2. The van der Waals surface area contributed by atoms with Crippen molar-refractivity contribution in [3.8, 4) is 5.75 Å². The van der Waals surface area contributed by atoms with Crippen molar-refractivity contribution >= 4 is 24.0 Å². The van der Waals surface area contributed by atoms with Gasteiger partial charge in [-0.25, -0.2) is 4.31 Å². The Balaban J connectivity index is 1.25. The second kappa shape index (κ2) is 11.6. The summed E-state index contributed by atoms with van der Waals surface area (Å²) in [5.41, 5.74) is 2.23. The Kier molecular flexibility index (Phi) is 8.46. The Labute approximate surface area is 171 Å². The molecule has 0 radical (unpaired) electrons. The summed E-state index contributed by atoms with van der Waals surface area (Å²) in [4.78, 5) is 9.05. The zero-order valence-corrected chi connectivity index (χ0v) is 17.2. The van der Waals surface area contributed by atoms with E-state index in [1.807, 2.05) is 55.7 Å². The Hall–Kier alpha value is -2.25. The van der Waals surface area contributed by atoms with E-state index in [9.17, 15) is 0 Å². The van der Waals surface area contributed by atoms with E-state index in [-0.39, 0.29) is 0 Å². The van der Waals surface area contributed by atoms with E-state index in [1.54, 1.807) is 6.21 Å². The Morgan fingerprint density at radius 2 is 1.89 bits per heavy atom. The number of ether oxygens (including phenoxy) is 1. The molecule has 7 heteroatoms. The van der Waals surface area contributed by atoms with Crippen LogP contribution in [0.25, 0.3) is 0 Å². The molecule has 0 spiro atoms. The molecule has 3 rings (SSSR count). The molecule has 0 bridgehead atoms. The smallest absolute Gasteiger partial charge is 0.119 e. The van der Waals surface area contributed by atoms with E-state index in [1.165, 1.54) is 18.5 Å². The van der Waals surface area contributed by atoms with E-state index in [0.717, 1.165) is 44.0 Å². The fourth-order valence-electron chi connectivity index (χ4n) is 2.84. The number of aromatic nitrogens is 1. The fraction of sp³-hybridized carbons (Fsp3) is 0.429. The third kappa shape index (κ3) is 6.73. The van der Waals surface area contributed by atoms with Crippen LogP contribution in [0.5, 0.6) is 5.75 Å². The average Bonchev–Trinajstić information content (AvgIpc) is 3.21. The number of benzene rings is 1. The number of hydrogen-bond acceptors (Lipinski definition) is 7. The van der Waals surface area contributed by atoms with Gasteiger partial charge in [-0.15, -0.1) is 0 Å². The Morgan fingerprint density at radius 3 is 2.68 bits per heavy atom. The van der Waals surface area contributed by atoms with Crippen molar-refractivity contribution in [2.45, 2.75) is 26.2 Å². The monoisotopic (exact) mass is 400 g/mol. The highest BCUT2D eigenvalue weighted by molar-refractivity contribution is 7.98. The summed E-state index contributed by atoms with van der Waals surface area (Å²) in [5.74, 6) is 0.900. The molecule has 0 atom stereocenters. The minimum atomic E-state index is 0.580. The van der Waals surface area contributed by atoms with Crippen LogP contribution in [0.3, 0.4) is 0 Å². The van der Waals surface area contributed by atoms with Gasteiger partial charge in [0.15, 0.2) is 0 Å². The molecule has 150 valence electrons. The number of unbranched alkanes of at least 4 members (excludes halogenated alkanes) is 2. The zero-order valence-electron chi connectivity index (χ0n) is 16.4. The number of rotatable bonds is 11. The van der Waals surface area contributed by atoms with E-state index < -0.39 is 0 Å². The lowest BCUT2D eigenvalue weighted by Gasteiger charge is -2.17. The van der Waals surface area contributed by atoms with Gasteiger partial charge in [0.2, 0.25) is 0 Å². The van der Waals surface area contributed by atoms with E-state index in [2.05, 4.69) is 30.9 Å². The van der Waals surface area contributed by atoms with E-state index in [0.29, 0.717) is 6.61 Å². The van der Waals surface area contributed by atoms with Crippen molar-refractivity contribution in [3.05, 3.63) is 54.4 Å². The standard InChI is InChI=1S/C21H28N4O2S/c1-2-27-23-18-19-6-8-21(9-7-19)26-17-5-3-4-14-24-15-16-25(28-24)20-10-12-22-13-11-20/h6-13,18H,2-5,14-17H2,1H3/b23-18+. The van der Waals surface area contributed by atoms with Crippen LogP contribution in [0.4, 0.5) is 5.69 Å². The van der Waals surface area contributed by atoms with Crippen LogP contribution < -0.4 is 9.04 Å². The van der Waals surface area contributed by atoms with Crippen LogP contribution in [-0.2, 0) is 4.84 Å². The Bertz CT molecular complexity index is 712. The summed E-state index contributed by atoms with van der Waals surface area (Å²) in [6.07, 6.45) is 8.83. The molecule has 1 fully saturated rings. The first-order valence-corrected chi connectivity index (χ1v) is 10.6. The van der Waals surface area contributed by atoms with Crippen LogP contribution in [0.2, 0.25) is 0 Å². The number of anilines is 1. The first-order valence-electron chi connectivity index (χ1n) is 9.84. The van der Waals surface area contributed by atoms with Crippen molar-refractivity contribution in [2.75, 3.05) is 37.2 Å². The van der Waals surface area contributed by atoms with Crippen LogP contribution in [0.1, 0.15) is 31.7 Å². The van der Waals surface area contributed by atoms with Gasteiger partial charge in [0.25, 0.3) is 0 Å². The minimum absolute atomic E-state index is 0.580. The minimum Gasteiger partial charge on any atom is -0.494 e. The van der Waals surface area contributed by atoms with Gasteiger partial charge in [-0.2, -0.15) is 0 Å². The van der Waals surface area contributed by atoms with E-state index >= 15 is 0 Å². The second-order valence-electron chi connectivity index (χ2n) is 6.45. The highest BCUT2D eigenvalue weighted by Gasteiger charge is 2.21. The lowest BCUT2D eigenvalue weighted by atomic mass is 10.2. The van der Waals surface area contributed by atoms with Crippen LogP contribution in [-0.4, -0.2) is 48.4 Å². The fourth-order valence-corrected chi connectivity index (χ4v) is 3.87. The van der Waals surface area contributed by atoms with Gasteiger partial charge in [-0.3, -0.25) is 4.98 Å². The SMILES string of the molecule is CCO/N=C/c1ccc(OCCCCCN2CCN(c3ccncc3)S2)cc1. The number of oxime groups is 1. The molecule has 0 aliphatic carbocycles. The number of hydrogen-bond donors (Lipinski definition) is 0. The average molecular weight is 401 g/mol. The number of pyridine rings is 1. The molecule has 1 aromatic heterocycles. The third-order valence-electron chi connectivity index (χ3n) is 4.32. The molecule has 6 nitrogen and oxygen atoms in total. The lowest BCUT2D eigenvalue weighted by Crippen LogP contribution is -2.14. The summed E-state index contributed by atoms with van der Waals surface area (Å²) >= 11 is 1.82. The van der Waals surface area contributed by atoms with Gasteiger partial charge in [0, 0.05) is 44.2 Å². The molecule has 2 heterocycles. The highest BCUT2D eigenvalue weighted by Crippen LogP contribution is 2.29. The van der Waals surface area contributed by atoms with E-state index in [4.69, 9.17) is 9.57 Å². The lowest BCUT2D eigenvalue weighted by molar-refractivity contribution is 0.160. The quantitative estimate of drug-likeness (QED) is 0.241. The first kappa shape index (κ1) is 20.5. The molecular weight excluding hydrogens is 372 g/mol. The summed E-state index contributed by atoms with van der Waals surface area (Å²) in [5, 5.41) is 3.86. The van der Waals surface area contributed by atoms with Gasteiger partial charge >= 0.3 is 0 Å². The molecule has 1 aromatic carbocycles. The second-order valence-corrected chi connectivity index (χ2v) is 7.57. The molecule has 1 saturated heterocycles. The number of nitrogens with zero attached hydrogens (tertiary/aromatic N) is 4. The summed E-state index contributed by atoms with van der Waals surface area (Å²) < 4.78 is 10.6. The summed E-state index contributed by atoms with van der Waals surface area (Å²) in [6.45, 7) is 6.51. The predicted octanol–water partition coefficient (Wildman–Crippen LogP) is 4.39. The van der Waals surface area contributed by atoms with Crippen LogP contribution >= 0.6 is 12.1 Å². The van der Waals surface area contributed by atoms with Crippen molar-refractivity contribution < 1.29 is 9.57 Å². The molecule has 2 aromatic rings. The molecule has 1 aliphatic rings. The topological polar surface area (TPSA) is 50.2 Å². The van der Waals surface area contributed by atoms with Gasteiger partial charge < -0.3 is 13.9 Å². The maximum absolute atomic E-state index is 5.82. The molecular formula is C21H28N4O2S. The molecule has 0 amide bonds. The normalized spacial score (nSPS) is 14.7. The first-order chi connectivity index (χ1) is 13.8. The molecule has 28 heavy (non-hydrogen) atoms. The maximum atomic E-state index is 5.82. The van der Waals surface area contributed by atoms with Crippen LogP contribution in [0, 0.1) is 0 Å². The molecule has 1 aliphatic heterocycles. The summed E-state index contributed by atoms with van der Waals surface area (Å²) in [7, 11) is 0. The van der Waals surface area contributed by atoms with Crippen LogP contribution in [0.15, 0.2) is 53.9 Å². The van der Waals surface area contributed by atoms with Gasteiger partial charge in [0.1, 0.15) is 12.4 Å². The van der Waals surface area contributed by atoms with Crippen molar-refractivity contribution in [3.63, 3.8) is 0 Å². The molecule has 0 N–H and O–H groups in total.